The summed E-state index contributed by atoms with van der Waals surface area (Å²) in [6.07, 6.45) is 1.66. The maximum Gasteiger partial charge on any atom is 0.307 e. The van der Waals surface area contributed by atoms with Crippen LogP contribution < -0.4 is 5.73 Å². The fraction of sp³-hybridized carbons (Fsp3) is 0.750. The standard InChI is InChI=1S/C12H22N2O3S/c1-4-6-9(11(13)18)12(16)14(3)8-7-10(15)17-5-2/h9H,4-8H2,1-3H3,(H2,13,18). The van der Waals surface area contributed by atoms with Crippen molar-refractivity contribution >= 4 is 29.1 Å². The van der Waals surface area contributed by atoms with Gasteiger partial charge in [0.1, 0.15) is 0 Å². The van der Waals surface area contributed by atoms with Crippen molar-refractivity contribution in [1.82, 2.24) is 4.90 Å². The highest BCUT2D eigenvalue weighted by Gasteiger charge is 2.24. The van der Waals surface area contributed by atoms with E-state index in [0.717, 1.165) is 6.42 Å². The van der Waals surface area contributed by atoms with E-state index >= 15 is 0 Å². The molecule has 0 fully saturated rings. The van der Waals surface area contributed by atoms with E-state index in [4.69, 9.17) is 22.7 Å². The molecular weight excluding hydrogens is 252 g/mol. The first-order chi connectivity index (χ1) is 8.43. The molecule has 0 saturated heterocycles. The normalized spacial score (nSPS) is 11.7. The number of ether oxygens (including phenoxy) is 1. The van der Waals surface area contributed by atoms with Gasteiger partial charge in [0, 0.05) is 13.6 Å². The minimum Gasteiger partial charge on any atom is -0.466 e. The third-order valence-electron chi connectivity index (χ3n) is 2.55. The summed E-state index contributed by atoms with van der Waals surface area (Å²) < 4.78 is 4.80. The van der Waals surface area contributed by atoms with Crippen LogP contribution in [0.1, 0.15) is 33.1 Å². The smallest absolute Gasteiger partial charge is 0.307 e. The summed E-state index contributed by atoms with van der Waals surface area (Å²) in [5.41, 5.74) is 5.56. The molecule has 104 valence electrons. The lowest BCUT2D eigenvalue weighted by Crippen LogP contribution is -2.40. The third kappa shape index (κ3) is 5.95. The maximum atomic E-state index is 12.1. The lowest BCUT2D eigenvalue weighted by atomic mass is 10.0. The predicted octanol–water partition coefficient (Wildman–Crippen LogP) is 1.10. The van der Waals surface area contributed by atoms with Crippen molar-refractivity contribution < 1.29 is 14.3 Å². The molecule has 0 aliphatic rings. The molecule has 0 rings (SSSR count). The first-order valence-electron chi connectivity index (χ1n) is 6.13. The van der Waals surface area contributed by atoms with Crippen molar-refractivity contribution in [2.45, 2.75) is 33.1 Å². The molecule has 1 amide bonds. The lowest BCUT2D eigenvalue weighted by molar-refractivity contribution is -0.144. The molecule has 1 unspecified atom stereocenters. The second-order valence-corrected chi connectivity index (χ2v) is 4.53. The van der Waals surface area contributed by atoms with E-state index in [1.54, 1.807) is 14.0 Å². The Kier molecular flexibility index (Phi) is 8.28. The van der Waals surface area contributed by atoms with Crippen molar-refractivity contribution in [3.05, 3.63) is 0 Å². The van der Waals surface area contributed by atoms with Gasteiger partial charge in [0.15, 0.2) is 0 Å². The van der Waals surface area contributed by atoms with Gasteiger partial charge in [-0.1, -0.05) is 25.6 Å². The molecule has 0 radical (unpaired) electrons. The van der Waals surface area contributed by atoms with Crippen LogP contribution in [-0.2, 0) is 14.3 Å². The number of esters is 1. The zero-order chi connectivity index (χ0) is 14.1. The second kappa shape index (κ2) is 8.85. The highest BCUT2D eigenvalue weighted by Crippen LogP contribution is 2.10. The molecule has 0 aliphatic carbocycles. The average molecular weight is 274 g/mol. The molecule has 0 heterocycles. The van der Waals surface area contributed by atoms with Crippen LogP contribution in [0.2, 0.25) is 0 Å². The number of carbonyl (C=O) groups excluding carboxylic acids is 2. The van der Waals surface area contributed by atoms with Crippen molar-refractivity contribution in [2.75, 3.05) is 20.2 Å². The van der Waals surface area contributed by atoms with Gasteiger partial charge in [0.2, 0.25) is 5.91 Å². The van der Waals surface area contributed by atoms with E-state index in [-0.39, 0.29) is 23.3 Å². The monoisotopic (exact) mass is 274 g/mol. The fourth-order valence-corrected chi connectivity index (χ4v) is 1.76. The highest BCUT2D eigenvalue weighted by molar-refractivity contribution is 7.80. The second-order valence-electron chi connectivity index (χ2n) is 4.06. The minimum absolute atomic E-state index is 0.131. The minimum atomic E-state index is -0.433. The fourth-order valence-electron chi connectivity index (χ4n) is 1.54. The van der Waals surface area contributed by atoms with E-state index < -0.39 is 5.92 Å². The first-order valence-corrected chi connectivity index (χ1v) is 6.54. The van der Waals surface area contributed by atoms with Crippen LogP contribution >= 0.6 is 12.2 Å². The van der Waals surface area contributed by atoms with Gasteiger partial charge in [-0.2, -0.15) is 0 Å². The summed E-state index contributed by atoms with van der Waals surface area (Å²) in [6.45, 7) is 4.39. The predicted molar refractivity (Wildman–Crippen MR) is 74.1 cm³/mol. The number of nitrogens with zero attached hydrogens (tertiary/aromatic N) is 1. The van der Waals surface area contributed by atoms with Gasteiger partial charge < -0.3 is 15.4 Å². The molecule has 2 N–H and O–H groups in total. The van der Waals surface area contributed by atoms with Gasteiger partial charge in [-0.15, -0.1) is 0 Å². The zero-order valence-corrected chi connectivity index (χ0v) is 12.1. The van der Waals surface area contributed by atoms with Crippen LogP contribution in [0.15, 0.2) is 0 Å². The van der Waals surface area contributed by atoms with E-state index in [2.05, 4.69) is 0 Å². The number of amides is 1. The molecule has 0 aliphatic heterocycles. The molecule has 0 aromatic heterocycles. The molecule has 5 nitrogen and oxygen atoms in total. The van der Waals surface area contributed by atoms with Crippen molar-refractivity contribution in [3.8, 4) is 0 Å². The van der Waals surface area contributed by atoms with Crippen LogP contribution in [-0.4, -0.2) is 42.0 Å². The molecule has 0 saturated carbocycles. The Balaban J connectivity index is 4.30. The van der Waals surface area contributed by atoms with Crippen LogP contribution in [0.4, 0.5) is 0 Å². The molecule has 0 spiro atoms. The molecule has 0 aromatic carbocycles. The summed E-state index contributed by atoms with van der Waals surface area (Å²) in [4.78, 5) is 24.9. The summed E-state index contributed by atoms with van der Waals surface area (Å²) in [6, 6.07) is 0. The van der Waals surface area contributed by atoms with Crippen molar-refractivity contribution in [3.63, 3.8) is 0 Å². The van der Waals surface area contributed by atoms with Crippen molar-refractivity contribution in [2.24, 2.45) is 11.7 Å². The van der Waals surface area contributed by atoms with E-state index in [0.29, 0.717) is 19.6 Å². The maximum absolute atomic E-state index is 12.1. The topological polar surface area (TPSA) is 72.6 Å². The third-order valence-corrected chi connectivity index (χ3v) is 2.84. The Bertz CT molecular complexity index is 308. The number of carbonyl (C=O) groups is 2. The van der Waals surface area contributed by atoms with Gasteiger partial charge in [-0.3, -0.25) is 9.59 Å². The quantitative estimate of drug-likeness (QED) is 0.530. The Morgan fingerprint density at radius 1 is 1.39 bits per heavy atom. The first kappa shape index (κ1) is 16.8. The zero-order valence-electron chi connectivity index (χ0n) is 11.3. The van der Waals surface area contributed by atoms with Crippen molar-refractivity contribution in [1.29, 1.82) is 0 Å². The van der Waals surface area contributed by atoms with Crippen LogP contribution in [0, 0.1) is 5.92 Å². The summed E-state index contributed by atoms with van der Waals surface area (Å²) in [5.74, 6) is -0.870. The SMILES string of the molecule is CCCC(C(=O)N(C)CCC(=O)OCC)C(N)=S. The Morgan fingerprint density at radius 3 is 2.44 bits per heavy atom. The largest absolute Gasteiger partial charge is 0.466 e. The highest BCUT2D eigenvalue weighted by atomic mass is 32.1. The number of thiocarbonyl (C=S) groups is 1. The van der Waals surface area contributed by atoms with E-state index in [9.17, 15) is 9.59 Å². The van der Waals surface area contributed by atoms with Gasteiger partial charge in [0.05, 0.1) is 23.9 Å². The molecule has 0 bridgehead atoms. The van der Waals surface area contributed by atoms with Crippen LogP contribution in [0.5, 0.6) is 0 Å². The molecule has 1 atom stereocenters. The number of hydrogen-bond donors (Lipinski definition) is 1. The Labute approximate surface area is 114 Å². The van der Waals surface area contributed by atoms with Gasteiger partial charge in [-0.25, -0.2) is 0 Å². The number of rotatable bonds is 8. The molecule has 18 heavy (non-hydrogen) atoms. The van der Waals surface area contributed by atoms with E-state index in [1.165, 1.54) is 4.90 Å². The molecular formula is C12H22N2O3S. The molecule has 0 aromatic rings. The van der Waals surface area contributed by atoms with Crippen LogP contribution in [0.25, 0.3) is 0 Å². The summed E-state index contributed by atoms with van der Waals surface area (Å²) in [7, 11) is 1.64. The number of nitrogens with two attached hydrogens (primary N) is 1. The van der Waals surface area contributed by atoms with Gasteiger partial charge in [0.25, 0.3) is 0 Å². The lowest BCUT2D eigenvalue weighted by Gasteiger charge is -2.22. The van der Waals surface area contributed by atoms with Crippen LogP contribution in [0.3, 0.4) is 0 Å². The molecule has 6 heteroatoms. The summed E-state index contributed by atoms with van der Waals surface area (Å²) >= 11 is 4.89. The average Bonchev–Trinajstić information content (AvgIpc) is 2.32. The summed E-state index contributed by atoms with van der Waals surface area (Å²) in [5, 5.41) is 0. The number of hydrogen-bond acceptors (Lipinski definition) is 4. The van der Waals surface area contributed by atoms with Gasteiger partial charge in [-0.05, 0) is 13.3 Å². The Hall–Kier alpha value is -1.17. The Morgan fingerprint density at radius 2 is 2.00 bits per heavy atom. The van der Waals surface area contributed by atoms with Gasteiger partial charge >= 0.3 is 5.97 Å². The van der Waals surface area contributed by atoms with E-state index in [1.807, 2.05) is 6.92 Å².